The van der Waals surface area contributed by atoms with Crippen LogP contribution in [0.1, 0.15) is 16.7 Å². The summed E-state index contributed by atoms with van der Waals surface area (Å²) in [7, 11) is 1.40. The van der Waals surface area contributed by atoms with Crippen LogP contribution in [0.4, 0.5) is 16.2 Å². The summed E-state index contributed by atoms with van der Waals surface area (Å²) in [6, 6.07) is 16.8. The summed E-state index contributed by atoms with van der Waals surface area (Å²) in [5, 5.41) is 8.00. The molecule has 0 atom stereocenters. The molecule has 0 unspecified atom stereocenters. The van der Waals surface area contributed by atoms with Crippen LogP contribution in [-0.2, 0) is 14.4 Å². The lowest BCUT2D eigenvalue weighted by atomic mass is 10.1. The van der Waals surface area contributed by atoms with Crippen molar-refractivity contribution in [3.8, 4) is 11.5 Å². The van der Waals surface area contributed by atoms with E-state index < -0.39 is 24.4 Å². The van der Waals surface area contributed by atoms with Crippen molar-refractivity contribution < 1.29 is 28.7 Å². The summed E-state index contributed by atoms with van der Waals surface area (Å²) >= 11 is 6.41. The highest BCUT2D eigenvalue weighted by Gasteiger charge is 2.35. The second kappa shape index (κ2) is 12.4. The van der Waals surface area contributed by atoms with E-state index in [0.717, 1.165) is 16.0 Å². The van der Waals surface area contributed by atoms with Gasteiger partial charge in [0.05, 0.1) is 12.1 Å². The standard InChI is InChI=1S/C29H27ClN4O6/c1-17-7-9-20(10-8-17)31-26(36)16-40-27-22(30)12-19(14-24(27)39-3)13-23-28(37)34(29(38)33-23)15-25(35)32-21-6-4-5-18(2)11-21/h4-14H,15-16H2,1-3H3,(H,31,36)(H,32,35)(H,33,38)/b23-13+. The summed E-state index contributed by atoms with van der Waals surface area (Å²) in [5.74, 6) is -1.23. The number of methoxy groups -OCH3 is 1. The van der Waals surface area contributed by atoms with Gasteiger partial charge in [0, 0.05) is 11.4 Å². The van der Waals surface area contributed by atoms with Gasteiger partial charge in [0.15, 0.2) is 18.1 Å². The van der Waals surface area contributed by atoms with E-state index in [2.05, 4.69) is 16.0 Å². The number of anilines is 2. The number of hydrogen-bond donors (Lipinski definition) is 3. The normalized spacial score (nSPS) is 13.7. The molecule has 1 aliphatic heterocycles. The first-order chi connectivity index (χ1) is 19.1. The summed E-state index contributed by atoms with van der Waals surface area (Å²) in [4.78, 5) is 50.9. The minimum absolute atomic E-state index is 0.0439. The number of nitrogens with one attached hydrogen (secondary N) is 3. The molecule has 40 heavy (non-hydrogen) atoms. The number of benzene rings is 3. The van der Waals surface area contributed by atoms with Crippen LogP contribution in [0.2, 0.25) is 5.02 Å². The Balaban J connectivity index is 1.42. The number of rotatable bonds is 9. The van der Waals surface area contributed by atoms with E-state index in [9.17, 15) is 19.2 Å². The second-order valence-corrected chi connectivity index (χ2v) is 9.44. The van der Waals surface area contributed by atoms with Crippen molar-refractivity contribution >= 4 is 52.8 Å². The molecule has 0 aliphatic carbocycles. The van der Waals surface area contributed by atoms with Crippen LogP contribution < -0.4 is 25.4 Å². The fourth-order valence-corrected chi connectivity index (χ4v) is 4.16. The van der Waals surface area contributed by atoms with E-state index in [1.807, 2.05) is 32.0 Å². The fourth-order valence-electron chi connectivity index (χ4n) is 3.88. The van der Waals surface area contributed by atoms with Crippen LogP contribution in [0.15, 0.2) is 66.4 Å². The molecule has 0 aromatic heterocycles. The number of hydrogen-bond acceptors (Lipinski definition) is 6. The van der Waals surface area contributed by atoms with Gasteiger partial charge in [-0.15, -0.1) is 0 Å². The minimum Gasteiger partial charge on any atom is -0.493 e. The second-order valence-electron chi connectivity index (χ2n) is 9.03. The smallest absolute Gasteiger partial charge is 0.329 e. The Kier molecular flexibility index (Phi) is 8.70. The van der Waals surface area contributed by atoms with Crippen molar-refractivity contribution in [1.29, 1.82) is 0 Å². The van der Waals surface area contributed by atoms with Crippen LogP contribution in [-0.4, -0.2) is 48.9 Å². The minimum atomic E-state index is -0.728. The number of nitrogens with zero attached hydrogens (tertiary/aromatic N) is 1. The fraction of sp³-hybridized carbons (Fsp3) is 0.172. The molecular formula is C29H27ClN4O6. The topological polar surface area (TPSA) is 126 Å². The van der Waals surface area contributed by atoms with Crippen molar-refractivity contribution in [2.75, 3.05) is 30.9 Å². The van der Waals surface area contributed by atoms with Crippen LogP contribution >= 0.6 is 11.6 Å². The van der Waals surface area contributed by atoms with Crippen LogP contribution in [0, 0.1) is 13.8 Å². The monoisotopic (exact) mass is 562 g/mol. The van der Waals surface area contributed by atoms with Crippen LogP contribution in [0.3, 0.4) is 0 Å². The molecule has 10 nitrogen and oxygen atoms in total. The van der Waals surface area contributed by atoms with Gasteiger partial charge < -0.3 is 25.4 Å². The molecule has 1 saturated heterocycles. The van der Waals surface area contributed by atoms with Crippen molar-refractivity contribution in [3.63, 3.8) is 0 Å². The number of aryl methyl sites for hydroxylation is 2. The molecule has 5 amide bonds. The van der Waals surface area contributed by atoms with E-state index in [1.54, 1.807) is 36.4 Å². The Labute approximate surface area is 235 Å². The molecule has 3 N–H and O–H groups in total. The highest BCUT2D eigenvalue weighted by molar-refractivity contribution is 6.32. The number of amides is 5. The number of carbonyl (C=O) groups excluding carboxylic acids is 4. The first kappa shape index (κ1) is 28.2. The SMILES string of the molecule is COc1cc(/C=C2/NC(=O)N(CC(=O)Nc3cccc(C)c3)C2=O)cc(Cl)c1OCC(=O)Nc1ccc(C)cc1. The Morgan fingerprint density at radius 1 is 0.950 bits per heavy atom. The van der Waals surface area contributed by atoms with Gasteiger partial charge in [0.25, 0.3) is 11.8 Å². The molecule has 1 aliphatic rings. The van der Waals surface area contributed by atoms with Crippen LogP contribution in [0.25, 0.3) is 6.08 Å². The van der Waals surface area contributed by atoms with E-state index >= 15 is 0 Å². The lowest BCUT2D eigenvalue weighted by Gasteiger charge is -2.14. The molecule has 0 radical (unpaired) electrons. The van der Waals surface area contributed by atoms with Gasteiger partial charge in [-0.2, -0.15) is 0 Å². The zero-order valence-corrected chi connectivity index (χ0v) is 22.8. The number of halogens is 1. The molecule has 1 fully saturated rings. The van der Waals surface area contributed by atoms with Crippen LogP contribution in [0.5, 0.6) is 11.5 Å². The maximum atomic E-state index is 12.9. The quantitative estimate of drug-likeness (QED) is 0.260. The number of urea groups is 1. The number of imide groups is 1. The van der Waals surface area contributed by atoms with E-state index in [1.165, 1.54) is 19.3 Å². The summed E-state index contributed by atoms with van der Waals surface area (Å²) in [6.45, 7) is 3.05. The molecule has 206 valence electrons. The van der Waals surface area contributed by atoms with Gasteiger partial charge in [-0.25, -0.2) is 9.69 Å². The Hall–Kier alpha value is -4.83. The summed E-state index contributed by atoms with van der Waals surface area (Å²) in [6.07, 6.45) is 1.40. The average molecular weight is 563 g/mol. The maximum absolute atomic E-state index is 12.9. The largest absolute Gasteiger partial charge is 0.493 e. The lowest BCUT2D eigenvalue weighted by molar-refractivity contribution is -0.127. The predicted molar refractivity (Wildman–Crippen MR) is 151 cm³/mol. The van der Waals surface area contributed by atoms with E-state index in [0.29, 0.717) is 16.9 Å². The number of carbonyl (C=O) groups is 4. The zero-order chi connectivity index (χ0) is 28.8. The van der Waals surface area contributed by atoms with Crippen molar-refractivity contribution in [2.24, 2.45) is 0 Å². The highest BCUT2D eigenvalue weighted by atomic mass is 35.5. The first-order valence-corrected chi connectivity index (χ1v) is 12.6. The molecule has 3 aromatic carbocycles. The molecular weight excluding hydrogens is 536 g/mol. The van der Waals surface area contributed by atoms with Gasteiger partial charge in [-0.1, -0.05) is 41.4 Å². The van der Waals surface area contributed by atoms with Gasteiger partial charge in [0.1, 0.15) is 12.2 Å². The zero-order valence-electron chi connectivity index (χ0n) is 22.0. The van der Waals surface area contributed by atoms with Gasteiger partial charge >= 0.3 is 6.03 Å². The molecule has 11 heteroatoms. The first-order valence-electron chi connectivity index (χ1n) is 12.2. The van der Waals surface area contributed by atoms with Crippen molar-refractivity contribution in [1.82, 2.24) is 10.2 Å². The third-order valence-corrected chi connectivity index (χ3v) is 6.09. The molecule has 4 rings (SSSR count). The molecule has 0 saturated carbocycles. The molecule has 3 aromatic rings. The van der Waals surface area contributed by atoms with Gasteiger partial charge in [-0.05, 0) is 67.4 Å². The Morgan fingerprint density at radius 2 is 1.68 bits per heavy atom. The predicted octanol–water partition coefficient (Wildman–Crippen LogP) is 4.51. The highest BCUT2D eigenvalue weighted by Crippen LogP contribution is 2.37. The Bertz CT molecular complexity index is 1500. The summed E-state index contributed by atoms with van der Waals surface area (Å²) < 4.78 is 11.0. The maximum Gasteiger partial charge on any atom is 0.329 e. The molecule has 0 spiro atoms. The third-order valence-electron chi connectivity index (χ3n) is 5.81. The lowest BCUT2D eigenvalue weighted by Crippen LogP contribution is -2.38. The van der Waals surface area contributed by atoms with E-state index in [-0.39, 0.29) is 34.7 Å². The van der Waals surface area contributed by atoms with Gasteiger partial charge in [0.2, 0.25) is 5.91 Å². The summed E-state index contributed by atoms with van der Waals surface area (Å²) in [5.41, 5.74) is 3.59. The number of ether oxygens (including phenoxy) is 2. The third kappa shape index (κ3) is 6.97. The van der Waals surface area contributed by atoms with Gasteiger partial charge in [-0.3, -0.25) is 14.4 Å². The molecule has 0 bridgehead atoms. The Morgan fingerprint density at radius 3 is 2.38 bits per heavy atom. The van der Waals surface area contributed by atoms with E-state index in [4.69, 9.17) is 21.1 Å². The average Bonchev–Trinajstić information content (AvgIpc) is 3.16. The van der Waals surface area contributed by atoms with Crippen molar-refractivity contribution in [3.05, 3.63) is 88.1 Å². The molecule has 1 heterocycles. The van der Waals surface area contributed by atoms with Crippen molar-refractivity contribution in [2.45, 2.75) is 13.8 Å².